The molecule has 4 nitrogen and oxygen atoms in total. The number of nitrogens with one attached hydrogen (secondary N) is 1. The Morgan fingerprint density at radius 2 is 2.30 bits per heavy atom. The highest BCUT2D eigenvalue weighted by Crippen LogP contribution is 2.25. The number of carbonyl (C=O) groups is 1. The van der Waals surface area contributed by atoms with Crippen LogP contribution in [0.25, 0.3) is 0 Å². The molecule has 1 heterocycles. The van der Waals surface area contributed by atoms with Gasteiger partial charge in [0.05, 0.1) is 0 Å². The van der Waals surface area contributed by atoms with Gasteiger partial charge in [0.25, 0.3) is 5.91 Å². The quantitative estimate of drug-likeness (QED) is 0.868. The predicted molar refractivity (Wildman–Crippen MR) is 81.1 cm³/mol. The molecule has 0 spiro atoms. The molecule has 2 N–H and O–H groups in total. The normalized spacial score (nSPS) is 18.4. The number of rotatable bonds is 5. The summed E-state index contributed by atoms with van der Waals surface area (Å²) in [5, 5.41) is 12.0. The molecule has 1 aliphatic heterocycles. The Hall–Kier alpha value is -1.55. The van der Waals surface area contributed by atoms with Crippen LogP contribution in [0.4, 0.5) is 5.69 Å². The van der Waals surface area contributed by atoms with Gasteiger partial charge in [-0.2, -0.15) is 0 Å². The molecular weight excluding hydrogens is 252 g/mol. The summed E-state index contributed by atoms with van der Waals surface area (Å²) in [6.45, 7) is 3.02. The van der Waals surface area contributed by atoms with Crippen LogP contribution in [0, 0.1) is 6.92 Å². The van der Waals surface area contributed by atoms with Gasteiger partial charge in [0.1, 0.15) is 0 Å². The summed E-state index contributed by atoms with van der Waals surface area (Å²) in [5.74, 6) is 0.130. The average Bonchev–Trinajstić information content (AvgIpc) is 2.92. The minimum absolute atomic E-state index is 0.130. The summed E-state index contributed by atoms with van der Waals surface area (Å²) in [6, 6.07) is 6.15. The van der Waals surface area contributed by atoms with Crippen molar-refractivity contribution in [2.75, 3.05) is 25.5 Å². The van der Waals surface area contributed by atoms with E-state index in [0.717, 1.165) is 49.0 Å². The van der Waals surface area contributed by atoms with E-state index in [9.17, 15) is 4.79 Å². The van der Waals surface area contributed by atoms with Crippen LogP contribution in [0.1, 0.15) is 41.6 Å². The highest BCUT2D eigenvalue weighted by Gasteiger charge is 2.29. The number of nitrogens with zero attached hydrogens (tertiary/aromatic N) is 1. The van der Waals surface area contributed by atoms with Crippen LogP contribution in [0.3, 0.4) is 0 Å². The lowest BCUT2D eigenvalue weighted by atomic mass is 10.0. The zero-order chi connectivity index (χ0) is 14.5. The molecule has 1 aliphatic rings. The van der Waals surface area contributed by atoms with Crippen molar-refractivity contribution >= 4 is 11.6 Å². The first-order valence-electron chi connectivity index (χ1n) is 7.37. The van der Waals surface area contributed by atoms with Crippen molar-refractivity contribution < 1.29 is 9.90 Å². The Kier molecular flexibility index (Phi) is 5.01. The van der Waals surface area contributed by atoms with Crippen molar-refractivity contribution in [1.29, 1.82) is 0 Å². The van der Waals surface area contributed by atoms with Crippen LogP contribution in [0.15, 0.2) is 18.2 Å². The Morgan fingerprint density at radius 3 is 2.95 bits per heavy atom. The highest BCUT2D eigenvalue weighted by atomic mass is 16.3. The second-order valence-electron chi connectivity index (χ2n) is 5.44. The van der Waals surface area contributed by atoms with Gasteiger partial charge in [0.2, 0.25) is 0 Å². The van der Waals surface area contributed by atoms with E-state index in [4.69, 9.17) is 5.11 Å². The molecule has 20 heavy (non-hydrogen) atoms. The molecule has 1 aromatic rings. The maximum atomic E-state index is 12.7. The van der Waals surface area contributed by atoms with Crippen LogP contribution in [0.2, 0.25) is 0 Å². The fraction of sp³-hybridized carbons (Fsp3) is 0.562. The van der Waals surface area contributed by atoms with Gasteiger partial charge in [0.15, 0.2) is 0 Å². The van der Waals surface area contributed by atoms with Gasteiger partial charge in [-0.1, -0.05) is 0 Å². The van der Waals surface area contributed by atoms with Gasteiger partial charge in [0, 0.05) is 37.5 Å². The first kappa shape index (κ1) is 14.9. The number of benzene rings is 1. The maximum absolute atomic E-state index is 12.7. The minimum Gasteiger partial charge on any atom is -0.396 e. The van der Waals surface area contributed by atoms with E-state index in [1.165, 1.54) is 0 Å². The van der Waals surface area contributed by atoms with E-state index < -0.39 is 0 Å². The third kappa shape index (κ3) is 3.12. The second-order valence-corrected chi connectivity index (χ2v) is 5.44. The molecule has 4 heteroatoms. The number of hydrogen-bond donors (Lipinski definition) is 2. The Labute approximate surface area is 120 Å². The molecule has 0 radical (unpaired) electrons. The van der Waals surface area contributed by atoms with E-state index in [2.05, 4.69) is 5.32 Å². The topological polar surface area (TPSA) is 52.6 Å². The lowest BCUT2D eigenvalue weighted by Gasteiger charge is -2.25. The van der Waals surface area contributed by atoms with Gasteiger partial charge >= 0.3 is 0 Å². The van der Waals surface area contributed by atoms with Crippen molar-refractivity contribution in [3.05, 3.63) is 29.3 Å². The predicted octanol–water partition coefficient (Wildman–Crippen LogP) is 2.41. The summed E-state index contributed by atoms with van der Waals surface area (Å²) < 4.78 is 0. The zero-order valence-corrected chi connectivity index (χ0v) is 12.4. The number of likely N-dealkylation sites (tertiary alicyclic amines) is 1. The number of aliphatic hydroxyl groups excluding tert-OH is 1. The van der Waals surface area contributed by atoms with E-state index >= 15 is 0 Å². The fourth-order valence-corrected chi connectivity index (χ4v) is 2.94. The summed E-state index contributed by atoms with van der Waals surface area (Å²) >= 11 is 0. The first-order valence-corrected chi connectivity index (χ1v) is 7.37. The monoisotopic (exact) mass is 276 g/mol. The van der Waals surface area contributed by atoms with Crippen molar-refractivity contribution in [3.8, 4) is 0 Å². The molecule has 0 saturated carbocycles. The zero-order valence-electron chi connectivity index (χ0n) is 12.4. The van der Waals surface area contributed by atoms with Crippen molar-refractivity contribution in [1.82, 2.24) is 4.90 Å². The summed E-state index contributed by atoms with van der Waals surface area (Å²) in [4.78, 5) is 14.7. The third-order valence-electron chi connectivity index (χ3n) is 4.08. The molecule has 1 fully saturated rings. The van der Waals surface area contributed by atoms with E-state index in [0.29, 0.717) is 0 Å². The number of carbonyl (C=O) groups excluding carboxylic acids is 1. The molecule has 1 amide bonds. The first-order chi connectivity index (χ1) is 9.67. The minimum atomic E-state index is 0.130. The summed E-state index contributed by atoms with van der Waals surface area (Å²) in [6.07, 6.45) is 3.79. The van der Waals surface area contributed by atoms with Crippen LogP contribution in [0.5, 0.6) is 0 Å². The SMILES string of the molecule is CNc1ccc(C(=O)N2CCCC2CCCO)c(C)c1. The van der Waals surface area contributed by atoms with Gasteiger partial charge in [-0.15, -0.1) is 0 Å². The van der Waals surface area contributed by atoms with Crippen LogP contribution < -0.4 is 5.32 Å². The average molecular weight is 276 g/mol. The lowest BCUT2D eigenvalue weighted by molar-refractivity contribution is 0.0724. The summed E-state index contributed by atoms with van der Waals surface area (Å²) in [7, 11) is 1.88. The Morgan fingerprint density at radius 1 is 1.50 bits per heavy atom. The van der Waals surface area contributed by atoms with Gasteiger partial charge in [-0.05, 0) is 56.4 Å². The molecule has 0 aliphatic carbocycles. The molecule has 110 valence electrons. The number of anilines is 1. The van der Waals surface area contributed by atoms with Gasteiger partial charge < -0.3 is 15.3 Å². The van der Waals surface area contributed by atoms with Crippen LogP contribution in [-0.2, 0) is 0 Å². The third-order valence-corrected chi connectivity index (χ3v) is 4.08. The maximum Gasteiger partial charge on any atom is 0.254 e. The van der Waals surface area contributed by atoms with E-state index in [1.807, 2.05) is 37.1 Å². The molecule has 0 bridgehead atoms. The van der Waals surface area contributed by atoms with Crippen molar-refractivity contribution in [2.24, 2.45) is 0 Å². The Bertz CT molecular complexity index is 474. The molecule has 1 atom stereocenters. The van der Waals surface area contributed by atoms with Gasteiger partial charge in [-0.3, -0.25) is 4.79 Å². The smallest absolute Gasteiger partial charge is 0.254 e. The number of amides is 1. The number of hydrogen-bond acceptors (Lipinski definition) is 3. The Balaban J connectivity index is 2.13. The van der Waals surface area contributed by atoms with E-state index in [-0.39, 0.29) is 18.6 Å². The highest BCUT2D eigenvalue weighted by molar-refractivity contribution is 5.96. The van der Waals surface area contributed by atoms with E-state index in [1.54, 1.807) is 0 Å². The summed E-state index contributed by atoms with van der Waals surface area (Å²) in [5.41, 5.74) is 2.83. The number of aryl methyl sites for hydroxylation is 1. The van der Waals surface area contributed by atoms with Crippen molar-refractivity contribution in [3.63, 3.8) is 0 Å². The molecule has 1 saturated heterocycles. The van der Waals surface area contributed by atoms with Crippen molar-refractivity contribution in [2.45, 2.75) is 38.6 Å². The molecule has 2 rings (SSSR count). The number of aliphatic hydroxyl groups is 1. The fourth-order valence-electron chi connectivity index (χ4n) is 2.94. The lowest BCUT2D eigenvalue weighted by Crippen LogP contribution is -2.36. The largest absolute Gasteiger partial charge is 0.396 e. The second kappa shape index (κ2) is 6.75. The standard InChI is InChI=1S/C16H24N2O2/c1-12-11-13(17-2)7-8-15(12)16(20)18-9-3-5-14(18)6-4-10-19/h7-8,11,14,17,19H,3-6,9-10H2,1-2H3. The molecule has 1 aromatic carbocycles. The van der Waals surface area contributed by atoms with Crippen LogP contribution >= 0.6 is 0 Å². The molecule has 0 aromatic heterocycles. The van der Waals surface area contributed by atoms with Gasteiger partial charge in [-0.25, -0.2) is 0 Å². The van der Waals surface area contributed by atoms with Crippen LogP contribution in [-0.4, -0.2) is 42.2 Å². The molecule has 1 unspecified atom stereocenters. The molecular formula is C16H24N2O2.